The Morgan fingerprint density at radius 3 is 2.80 bits per heavy atom. The van der Waals surface area contributed by atoms with Gasteiger partial charge < -0.3 is 5.32 Å². The molecule has 3 aromatic rings. The molecule has 3 rings (SSSR count). The number of aryl methyl sites for hydroxylation is 2. The number of rotatable bonds is 5. The molecule has 0 saturated heterocycles. The summed E-state index contributed by atoms with van der Waals surface area (Å²) in [5.74, 6) is 1.27. The van der Waals surface area contributed by atoms with E-state index in [1.807, 2.05) is 36.6 Å². The zero-order chi connectivity index (χ0) is 17.8. The minimum Gasteiger partial charge on any atom is -0.310 e. The van der Waals surface area contributed by atoms with E-state index in [-0.39, 0.29) is 11.7 Å². The van der Waals surface area contributed by atoms with Gasteiger partial charge in [-0.05, 0) is 43.7 Å². The monoisotopic (exact) mass is 373 g/mol. The number of nitrogens with zero attached hydrogens (tertiary/aromatic N) is 4. The van der Waals surface area contributed by atoms with Crippen LogP contribution >= 0.6 is 23.4 Å². The summed E-state index contributed by atoms with van der Waals surface area (Å²) in [6, 6.07) is 11.4. The van der Waals surface area contributed by atoms with Crippen molar-refractivity contribution in [2.45, 2.75) is 19.0 Å². The molecule has 0 bridgehead atoms. The van der Waals surface area contributed by atoms with E-state index in [0.29, 0.717) is 16.0 Å². The molecule has 0 spiro atoms. The SMILES string of the molecule is Cc1cccc(-n2c(C)nnc2SCC(=O)Nc2ccc(Cl)cn2)c1. The third kappa shape index (κ3) is 4.37. The number of anilines is 1. The molecule has 6 nitrogen and oxygen atoms in total. The highest BCUT2D eigenvalue weighted by molar-refractivity contribution is 7.99. The summed E-state index contributed by atoms with van der Waals surface area (Å²) in [4.78, 5) is 16.2. The molecule has 0 radical (unpaired) electrons. The number of thioether (sulfide) groups is 1. The van der Waals surface area contributed by atoms with Gasteiger partial charge in [0.05, 0.1) is 10.8 Å². The maximum atomic E-state index is 12.1. The number of benzene rings is 1. The van der Waals surface area contributed by atoms with Crippen LogP contribution in [-0.2, 0) is 4.79 Å². The van der Waals surface area contributed by atoms with Crippen molar-refractivity contribution >= 4 is 35.1 Å². The molecule has 2 heterocycles. The Morgan fingerprint density at radius 1 is 1.24 bits per heavy atom. The average molecular weight is 374 g/mol. The second-order valence-electron chi connectivity index (χ2n) is 5.40. The van der Waals surface area contributed by atoms with Crippen molar-refractivity contribution in [3.63, 3.8) is 0 Å². The molecule has 25 heavy (non-hydrogen) atoms. The molecule has 0 aliphatic rings. The lowest BCUT2D eigenvalue weighted by Crippen LogP contribution is -2.15. The first-order valence-corrected chi connectivity index (χ1v) is 8.92. The van der Waals surface area contributed by atoms with E-state index in [1.54, 1.807) is 12.1 Å². The number of aromatic nitrogens is 4. The van der Waals surface area contributed by atoms with Gasteiger partial charge in [-0.15, -0.1) is 10.2 Å². The first-order valence-electron chi connectivity index (χ1n) is 7.56. The van der Waals surface area contributed by atoms with Crippen LogP contribution in [0.2, 0.25) is 5.02 Å². The molecule has 0 atom stereocenters. The summed E-state index contributed by atoms with van der Waals surface area (Å²) < 4.78 is 1.94. The summed E-state index contributed by atoms with van der Waals surface area (Å²) in [7, 11) is 0. The normalized spacial score (nSPS) is 10.7. The quantitative estimate of drug-likeness (QED) is 0.691. The van der Waals surface area contributed by atoms with Gasteiger partial charge in [0.1, 0.15) is 11.6 Å². The first kappa shape index (κ1) is 17.4. The molecule has 0 aliphatic heterocycles. The largest absolute Gasteiger partial charge is 0.310 e. The number of hydrogen-bond acceptors (Lipinski definition) is 5. The highest BCUT2D eigenvalue weighted by Crippen LogP contribution is 2.22. The number of nitrogens with one attached hydrogen (secondary N) is 1. The van der Waals surface area contributed by atoms with Gasteiger partial charge >= 0.3 is 0 Å². The van der Waals surface area contributed by atoms with Crippen LogP contribution in [0.15, 0.2) is 47.8 Å². The van der Waals surface area contributed by atoms with Crippen molar-refractivity contribution < 1.29 is 4.79 Å². The van der Waals surface area contributed by atoms with Crippen molar-refractivity contribution in [3.8, 4) is 5.69 Å². The fourth-order valence-electron chi connectivity index (χ4n) is 2.26. The van der Waals surface area contributed by atoms with Gasteiger partial charge in [-0.1, -0.05) is 35.5 Å². The molecule has 1 amide bonds. The van der Waals surface area contributed by atoms with Crippen LogP contribution < -0.4 is 5.32 Å². The van der Waals surface area contributed by atoms with Crippen LogP contribution in [0.3, 0.4) is 0 Å². The average Bonchev–Trinajstić information content (AvgIpc) is 2.96. The Morgan fingerprint density at radius 2 is 2.08 bits per heavy atom. The van der Waals surface area contributed by atoms with Crippen LogP contribution in [0.4, 0.5) is 5.82 Å². The van der Waals surface area contributed by atoms with E-state index < -0.39 is 0 Å². The van der Waals surface area contributed by atoms with E-state index in [2.05, 4.69) is 26.6 Å². The lowest BCUT2D eigenvalue weighted by Gasteiger charge is -2.09. The van der Waals surface area contributed by atoms with Gasteiger partial charge in [0.2, 0.25) is 5.91 Å². The lowest BCUT2D eigenvalue weighted by molar-refractivity contribution is -0.113. The van der Waals surface area contributed by atoms with Gasteiger partial charge in [-0.2, -0.15) is 0 Å². The van der Waals surface area contributed by atoms with Crippen LogP contribution in [0.25, 0.3) is 5.69 Å². The zero-order valence-electron chi connectivity index (χ0n) is 13.7. The van der Waals surface area contributed by atoms with Crippen molar-refractivity contribution in [2.24, 2.45) is 0 Å². The maximum Gasteiger partial charge on any atom is 0.236 e. The van der Waals surface area contributed by atoms with E-state index >= 15 is 0 Å². The Kier molecular flexibility index (Phi) is 5.35. The van der Waals surface area contributed by atoms with E-state index in [0.717, 1.165) is 17.1 Å². The summed E-state index contributed by atoms with van der Waals surface area (Å²) in [6.45, 7) is 3.92. The lowest BCUT2D eigenvalue weighted by atomic mass is 10.2. The molecule has 2 aromatic heterocycles. The van der Waals surface area contributed by atoms with E-state index in [9.17, 15) is 4.79 Å². The van der Waals surface area contributed by atoms with Gasteiger partial charge in [0.15, 0.2) is 5.16 Å². The summed E-state index contributed by atoms with van der Waals surface area (Å²) in [6.07, 6.45) is 1.49. The Bertz CT molecular complexity index is 894. The highest BCUT2D eigenvalue weighted by atomic mass is 35.5. The number of carbonyl (C=O) groups is 1. The third-order valence-corrected chi connectivity index (χ3v) is 4.53. The van der Waals surface area contributed by atoms with Crippen LogP contribution in [0, 0.1) is 13.8 Å². The van der Waals surface area contributed by atoms with Crippen molar-refractivity contribution in [2.75, 3.05) is 11.1 Å². The van der Waals surface area contributed by atoms with Gasteiger partial charge in [0, 0.05) is 11.9 Å². The van der Waals surface area contributed by atoms with E-state index in [1.165, 1.54) is 18.0 Å². The van der Waals surface area contributed by atoms with Gasteiger partial charge in [-0.3, -0.25) is 9.36 Å². The predicted octanol–water partition coefficient (Wildman–Crippen LogP) is 3.66. The van der Waals surface area contributed by atoms with Gasteiger partial charge in [-0.25, -0.2) is 4.98 Å². The highest BCUT2D eigenvalue weighted by Gasteiger charge is 2.13. The summed E-state index contributed by atoms with van der Waals surface area (Å²) in [5.41, 5.74) is 2.12. The molecular weight excluding hydrogens is 358 g/mol. The molecule has 1 N–H and O–H groups in total. The second-order valence-corrected chi connectivity index (χ2v) is 6.78. The number of carbonyl (C=O) groups excluding carboxylic acids is 1. The minimum absolute atomic E-state index is 0.170. The number of halogens is 1. The molecular formula is C17H16ClN5OS. The first-order chi connectivity index (χ1) is 12.0. The molecule has 0 unspecified atom stereocenters. The van der Waals surface area contributed by atoms with Crippen LogP contribution in [0.5, 0.6) is 0 Å². The summed E-state index contributed by atoms with van der Waals surface area (Å²) >= 11 is 7.10. The molecule has 1 aromatic carbocycles. The Labute approximate surface area is 154 Å². The molecule has 0 aliphatic carbocycles. The molecule has 128 valence electrons. The summed E-state index contributed by atoms with van der Waals surface area (Å²) in [5, 5.41) is 12.2. The smallest absolute Gasteiger partial charge is 0.236 e. The predicted molar refractivity (Wildman–Crippen MR) is 99.4 cm³/mol. The van der Waals surface area contributed by atoms with Crippen LogP contribution in [-0.4, -0.2) is 31.4 Å². The van der Waals surface area contributed by atoms with Crippen molar-refractivity contribution in [3.05, 3.63) is 59.0 Å². The fourth-order valence-corrected chi connectivity index (χ4v) is 3.17. The fraction of sp³-hybridized carbons (Fsp3) is 0.176. The Balaban J connectivity index is 1.69. The van der Waals surface area contributed by atoms with Crippen molar-refractivity contribution in [1.29, 1.82) is 0 Å². The second kappa shape index (κ2) is 7.67. The number of hydrogen-bond donors (Lipinski definition) is 1. The zero-order valence-corrected chi connectivity index (χ0v) is 15.3. The molecule has 0 fully saturated rings. The maximum absolute atomic E-state index is 12.1. The number of amides is 1. The molecule has 8 heteroatoms. The van der Waals surface area contributed by atoms with Crippen LogP contribution in [0.1, 0.15) is 11.4 Å². The minimum atomic E-state index is -0.170. The topological polar surface area (TPSA) is 72.7 Å². The van der Waals surface area contributed by atoms with E-state index in [4.69, 9.17) is 11.6 Å². The third-order valence-electron chi connectivity index (χ3n) is 3.38. The Hall–Kier alpha value is -2.38. The molecule has 0 saturated carbocycles. The number of pyridine rings is 1. The van der Waals surface area contributed by atoms with Gasteiger partial charge in [0.25, 0.3) is 0 Å². The van der Waals surface area contributed by atoms with Crippen molar-refractivity contribution in [1.82, 2.24) is 19.7 Å². The standard InChI is InChI=1S/C17H16ClN5OS/c1-11-4-3-5-14(8-11)23-12(2)21-22-17(23)25-10-16(24)20-15-7-6-13(18)9-19-15/h3-9H,10H2,1-2H3,(H,19,20,24).